The second kappa shape index (κ2) is 69.1. The van der Waals surface area contributed by atoms with Crippen LogP contribution in [0.1, 0.15) is 355 Å². The van der Waals surface area contributed by atoms with E-state index >= 15 is 0 Å². The third kappa shape index (κ3) is 67.3. The minimum absolute atomic E-state index is 0.0777. The van der Waals surface area contributed by atoms with Crippen LogP contribution in [-0.2, 0) is 28.6 Å². The first-order valence-corrected chi connectivity index (χ1v) is 35.1. The van der Waals surface area contributed by atoms with Gasteiger partial charge in [0.15, 0.2) is 6.10 Å². The van der Waals surface area contributed by atoms with Crippen LogP contribution in [0.2, 0.25) is 0 Å². The Labute approximate surface area is 503 Å². The zero-order valence-corrected chi connectivity index (χ0v) is 53.8. The van der Waals surface area contributed by atoms with Crippen LogP contribution in [0.15, 0.2) is 85.1 Å². The topological polar surface area (TPSA) is 78.9 Å². The molecule has 0 aromatic rings. The van der Waals surface area contributed by atoms with E-state index in [2.05, 4.69) is 106 Å². The molecule has 1 unspecified atom stereocenters. The molecule has 6 heteroatoms. The Hall–Kier alpha value is -3.41. The summed E-state index contributed by atoms with van der Waals surface area (Å²) in [6.07, 6.45) is 92.0. The van der Waals surface area contributed by atoms with E-state index < -0.39 is 6.10 Å². The van der Waals surface area contributed by atoms with Crippen molar-refractivity contribution in [2.45, 2.75) is 361 Å². The summed E-state index contributed by atoms with van der Waals surface area (Å²) in [6.45, 7) is 6.52. The normalized spacial score (nSPS) is 12.6. The standard InChI is InChI=1S/C75H132O6/c1-4-7-10-13-16-19-22-25-27-29-30-31-32-33-34-35-36-37-38-39-40-41-42-43-44-45-46-47-49-50-53-56-59-62-65-68-74(77)80-71-72(70-79-73(76)67-64-61-58-55-52-24-21-18-15-12-9-6-3)81-75(78)69-66-63-60-57-54-51-48-28-26-23-20-17-14-11-8-5-2/h7,10,16,18-19,21,25,27-28,30-31,33-34,48,72H,4-6,8-9,11-15,17,20,22-24,26,29,32,35-47,49-71H2,1-3H3/b10-7-,19-16-,21-18-,27-25-,31-30-,34-33-,48-28-. The Bertz CT molecular complexity index is 1530. The van der Waals surface area contributed by atoms with Gasteiger partial charge in [-0.2, -0.15) is 0 Å². The van der Waals surface area contributed by atoms with E-state index in [1.54, 1.807) is 0 Å². The van der Waals surface area contributed by atoms with Crippen LogP contribution in [0.4, 0.5) is 0 Å². The zero-order valence-electron chi connectivity index (χ0n) is 53.8. The Balaban J connectivity index is 4.10. The molecule has 81 heavy (non-hydrogen) atoms. The summed E-state index contributed by atoms with van der Waals surface area (Å²) < 4.78 is 16.9. The molecule has 468 valence electrons. The van der Waals surface area contributed by atoms with Crippen molar-refractivity contribution in [3.63, 3.8) is 0 Å². The summed E-state index contributed by atoms with van der Waals surface area (Å²) in [7, 11) is 0. The third-order valence-corrected chi connectivity index (χ3v) is 15.4. The molecule has 0 rings (SSSR count). The molecule has 0 N–H and O–H groups in total. The van der Waals surface area contributed by atoms with Crippen LogP contribution in [0.25, 0.3) is 0 Å². The summed E-state index contributed by atoms with van der Waals surface area (Å²) in [5.41, 5.74) is 0. The molecule has 0 aromatic carbocycles. The highest BCUT2D eigenvalue weighted by atomic mass is 16.6. The van der Waals surface area contributed by atoms with E-state index in [-0.39, 0.29) is 31.1 Å². The minimum Gasteiger partial charge on any atom is -0.462 e. The molecular weight excluding hydrogens is 997 g/mol. The van der Waals surface area contributed by atoms with E-state index in [9.17, 15) is 14.4 Å². The molecule has 0 aliphatic heterocycles. The predicted octanol–water partition coefficient (Wildman–Crippen LogP) is 24.2. The summed E-state index contributed by atoms with van der Waals surface area (Å²) in [5.74, 6) is -0.878. The van der Waals surface area contributed by atoms with Crippen molar-refractivity contribution in [2.75, 3.05) is 13.2 Å². The van der Waals surface area contributed by atoms with Gasteiger partial charge in [0, 0.05) is 19.3 Å². The lowest BCUT2D eigenvalue weighted by Gasteiger charge is -2.18. The van der Waals surface area contributed by atoms with Crippen molar-refractivity contribution in [3.8, 4) is 0 Å². The molecule has 0 aliphatic rings. The van der Waals surface area contributed by atoms with Gasteiger partial charge in [0.05, 0.1) is 0 Å². The van der Waals surface area contributed by atoms with Gasteiger partial charge in [-0.15, -0.1) is 0 Å². The first-order valence-electron chi connectivity index (χ1n) is 35.1. The van der Waals surface area contributed by atoms with Crippen LogP contribution in [-0.4, -0.2) is 37.2 Å². The smallest absolute Gasteiger partial charge is 0.306 e. The van der Waals surface area contributed by atoms with Crippen molar-refractivity contribution in [3.05, 3.63) is 85.1 Å². The van der Waals surface area contributed by atoms with Gasteiger partial charge in [0.25, 0.3) is 0 Å². The first-order chi connectivity index (χ1) is 40.0. The lowest BCUT2D eigenvalue weighted by molar-refractivity contribution is -0.167. The van der Waals surface area contributed by atoms with Crippen molar-refractivity contribution < 1.29 is 28.6 Å². The Morgan fingerprint density at radius 1 is 0.259 bits per heavy atom. The van der Waals surface area contributed by atoms with Gasteiger partial charge in [-0.25, -0.2) is 0 Å². The van der Waals surface area contributed by atoms with E-state index in [0.29, 0.717) is 19.3 Å². The summed E-state index contributed by atoms with van der Waals surface area (Å²) >= 11 is 0. The third-order valence-electron chi connectivity index (χ3n) is 15.4. The number of allylic oxidation sites excluding steroid dienone is 14. The monoisotopic (exact) mass is 1130 g/mol. The van der Waals surface area contributed by atoms with E-state index in [1.807, 2.05) is 0 Å². The van der Waals surface area contributed by atoms with Gasteiger partial charge in [0.1, 0.15) is 13.2 Å². The molecule has 6 nitrogen and oxygen atoms in total. The molecule has 0 amide bonds. The van der Waals surface area contributed by atoms with Crippen molar-refractivity contribution >= 4 is 17.9 Å². The lowest BCUT2D eigenvalue weighted by Crippen LogP contribution is -2.30. The number of hydrogen-bond acceptors (Lipinski definition) is 6. The number of unbranched alkanes of at least 4 members (excludes halogenated alkanes) is 39. The van der Waals surface area contributed by atoms with Crippen molar-refractivity contribution in [1.29, 1.82) is 0 Å². The fraction of sp³-hybridized carbons (Fsp3) is 0.773. The molecule has 0 spiro atoms. The van der Waals surface area contributed by atoms with Crippen molar-refractivity contribution in [2.24, 2.45) is 0 Å². The maximum atomic E-state index is 12.9. The molecule has 1 atom stereocenters. The van der Waals surface area contributed by atoms with Gasteiger partial charge in [-0.05, 0) is 116 Å². The lowest BCUT2D eigenvalue weighted by atomic mass is 10.0. The van der Waals surface area contributed by atoms with Crippen LogP contribution in [0.3, 0.4) is 0 Å². The van der Waals surface area contributed by atoms with Gasteiger partial charge in [-0.1, -0.05) is 305 Å². The molecule has 0 saturated carbocycles. The average molecular weight is 1130 g/mol. The van der Waals surface area contributed by atoms with E-state index in [0.717, 1.165) is 109 Å². The number of ether oxygens (including phenoxy) is 3. The Morgan fingerprint density at radius 2 is 0.481 bits per heavy atom. The number of hydrogen-bond donors (Lipinski definition) is 0. The Morgan fingerprint density at radius 3 is 0.790 bits per heavy atom. The summed E-state index contributed by atoms with van der Waals surface area (Å²) in [5, 5.41) is 0. The molecule has 0 fully saturated rings. The van der Waals surface area contributed by atoms with Gasteiger partial charge < -0.3 is 14.2 Å². The molecule has 0 aromatic heterocycles. The quantitative estimate of drug-likeness (QED) is 0.0261. The van der Waals surface area contributed by atoms with Crippen LogP contribution >= 0.6 is 0 Å². The van der Waals surface area contributed by atoms with Crippen LogP contribution in [0.5, 0.6) is 0 Å². The molecule has 0 bridgehead atoms. The highest BCUT2D eigenvalue weighted by Crippen LogP contribution is 2.17. The predicted molar refractivity (Wildman–Crippen MR) is 353 cm³/mol. The maximum Gasteiger partial charge on any atom is 0.306 e. The molecular formula is C75H132O6. The largest absolute Gasteiger partial charge is 0.462 e. The van der Waals surface area contributed by atoms with E-state index in [1.165, 1.54) is 205 Å². The minimum atomic E-state index is -0.782. The van der Waals surface area contributed by atoms with Gasteiger partial charge >= 0.3 is 17.9 Å². The molecule has 0 saturated heterocycles. The van der Waals surface area contributed by atoms with Crippen LogP contribution < -0.4 is 0 Å². The van der Waals surface area contributed by atoms with E-state index in [4.69, 9.17) is 14.2 Å². The number of carbonyl (C=O) groups is 3. The van der Waals surface area contributed by atoms with Crippen LogP contribution in [0, 0.1) is 0 Å². The molecule has 0 aliphatic carbocycles. The number of carbonyl (C=O) groups excluding carboxylic acids is 3. The molecule has 0 radical (unpaired) electrons. The summed E-state index contributed by atoms with van der Waals surface area (Å²) in [4.78, 5) is 38.3. The SMILES string of the molecule is CC/C=C\C/C=C\C/C=C\C/C=C\C/C=C\CCCCCCCCCCCCCCCCCCCCCC(=O)OCC(COC(=O)CCCCCCC/C=C\CCCCC)OC(=O)CCCCCCC/C=C\CCCCCCCCC. The summed E-state index contributed by atoms with van der Waals surface area (Å²) in [6, 6.07) is 0. The first kappa shape index (κ1) is 77.6. The average Bonchev–Trinajstić information content (AvgIpc) is 3.47. The van der Waals surface area contributed by atoms with Gasteiger partial charge in [0.2, 0.25) is 0 Å². The second-order valence-corrected chi connectivity index (χ2v) is 23.4. The Kier molecular flexibility index (Phi) is 66.2. The fourth-order valence-corrected chi connectivity index (χ4v) is 10.1. The second-order valence-electron chi connectivity index (χ2n) is 23.4. The molecule has 0 heterocycles. The number of esters is 3. The van der Waals surface area contributed by atoms with Crippen molar-refractivity contribution in [1.82, 2.24) is 0 Å². The highest BCUT2D eigenvalue weighted by Gasteiger charge is 2.19. The fourth-order valence-electron chi connectivity index (χ4n) is 10.1. The maximum absolute atomic E-state index is 12.9. The highest BCUT2D eigenvalue weighted by molar-refractivity contribution is 5.71. The van der Waals surface area contributed by atoms with Gasteiger partial charge in [-0.3, -0.25) is 14.4 Å². The zero-order chi connectivity index (χ0) is 58.5. The number of rotatable bonds is 64.